The molecule has 0 bridgehead atoms. The molecule has 0 amide bonds. The van der Waals surface area contributed by atoms with Crippen molar-refractivity contribution >= 4 is 15.6 Å². The van der Waals surface area contributed by atoms with Gasteiger partial charge in [0.2, 0.25) is 15.3 Å². The molecule has 0 spiro atoms. The molecular weight excluding hydrogens is 1110 g/mol. The predicted molar refractivity (Wildman–Crippen MR) is 361 cm³/mol. The highest BCUT2D eigenvalue weighted by molar-refractivity contribution is 7.91. The van der Waals surface area contributed by atoms with Gasteiger partial charge in [0.1, 0.15) is 0 Å². The van der Waals surface area contributed by atoms with Gasteiger partial charge in [0.05, 0.1) is 9.79 Å². The molecule has 0 heterocycles. The molecule has 484 valence electrons. The van der Waals surface area contributed by atoms with E-state index in [1.165, 1.54) is 35.4 Å². The monoisotopic (exact) mass is 1220 g/mol. The van der Waals surface area contributed by atoms with Crippen LogP contribution in [0.1, 0.15) is 268 Å². The lowest BCUT2D eigenvalue weighted by Crippen LogP contribution is -2.54. The molecule has 3 nitrogen and oxygen atoms in total. The van der Waals surface area contributed by atoms with Gasteiger partial charge in [0.25, 0.3) is 0 Å². The van der Waals surface area contributed by atoms with Crippen LogP contribution in [0.4, 0.5) is 26.3 Å². The van der Waals surface area contributed by atoms with Gasteiger partial charge < -0.3 is 0 Å². The first kappa shape index (κ1) is 84.7. The summed E-state index contributed by atoms with van der Waals surface area (Å²) in [6.45, 7) is 60.8. The molecule has 0 aromatic heterocycles. The normalized spacial score (nSPS) is 11.9. The zero-order chi connectivity index (χ0) is 68.5. The number of benzene rings is 6. The van der Waals surface area contributed by atoms with Gasteiger partial charge in [0.15, 0.2) is 5.78 Å². The van der Waals surface area contributed by atoms with Gasteiger partial charge in [0, 0.05) is 11.1 Å². The molecule has 6 aromatic rings. The highest BCUT2D eigenvalue weighted by atomic mass is 32.2. The molecule has 0 unspecified atom stereocenters. The first-order valence-corrected chi connectivity index (χ1v) is 32.5. The molecule has 0 aliphatic heterocycles. The Morgan fingerprint density at radius 2 is 0.395 bits per heavy atom. The highest BCUT2D eigenvalue weighted by Crippen LogP contribution is 2.56. The molecule has 6 rings (SSSR count). The predicted octanol–water partition coefficient (Wildman–Crippen LogP) is 24.5. The zero-order valence-corrected chi connectivity index (χ0v) is 59.6. The van der Waals surface area contributed by atoms with Crippen LogP contribution in [0.5, 0.6) is 0 Å². The number of carbonyl (C=O) groups is 1. The van der Waals surface area contributed by atoms with E-state index >= 15 is 0 Å². The summed E-state index contributed by atoms with van der Waals surface area (Å²) in [4.78, 5) is 13.3. The van der Waals surface area contributed by atoms with Gasteiger partial charge in [-0.3, -0.25) is 4.79 Å². The van der Waals surface area contributed by atoms with E-state index in [1.807, 2.05) is 173 Å². The molecule has 0 fully saturated rings. The number of alkyl halides is 6. The third kappa shape index (κ3) is 23.9. The summed E-state index contributed by atoms with van der Waals surface area (Å²) in [5.74, 6) is 0.0842. The van der Waals surface area contributed by atoms with Crippen molar-refractivity contribution < 1.29 is 39.6 Å². The first-order valence-electron chi connectivity index (χ1n) is 31.0. The van der Waals surface area contributed by atoms with Crippen LogP contribution in [-0.2, 0) is 47.7 Å². The Labute approximate surface area is 521 Å². The van der Waals surface area contributed by atoms with E-state index < -0.39 is 49.6 Å². The zero-order valence-electron chi connectivity index (χ0n) is 58.8. The number of hydrogen-bond donors (Lipinski definition) is 0. The lowest BCUT2D eigenvalue weighted by Gasteiger charge is -2.39. The Bertz CT molecular complexity index is 2710. The number of hydrogen-bond acceptors (Lipinski definition) is 3. The molecule has 0 aliphatic rings. The Balaban J connectivity index is -0.00000111. The minimum absolute atomic E-state index is 0.0106. The van der Waals surface area contributed by atoms with Gasteiger partial charge >= 0.3 is 12.4 Å². The van der Waals surface area contributed by atoms with E-state index in [4.69, 9.17) is 0 Å². The molecule has 0 saturated carbocycles. The van der Waals surface area contributed by atoms with Crippen molar-refractivity contribution in [2.24, 2.45) is 0 Å². The maximum atomic E-state index is 14.2. The van der Waals surface area contributed by atoms with Crippen LogP contribution in [0.3, 0.4) is 0 Å². The summed E-state index contributed by atoms with van der Waals surface area (Å²) in [6.07, 6.45) is -11.1. The van der Waals surface area contributed by atoms with Crippen molar-refractivity contribution in [3.05, 3.63) is 201 Å². The lowest BCUT2D eigenvalue weighted by atomic mass is 9.71. The second-order valence-electron chi connectivity index (χ2n) is 25.4. The largest absolute Gasteiger partial charge is 0.411 e. The smallest absolute Gasteiger partial charge is 0.289 e. The van der Waals surface area contributed by atoms with E-state index in [9.17, 15) is 39.6 Å². The third-order valence-electron chi connectivity index (χ3n) is 13.3. The third-order valence-corrected chi connectivity index (χ3v) is 15.1. The molecule has 0 radical (unpaired) electrons. The Morgan fingerprint density at radius 3 is 0.547 bits per heavy atom. The lowest BCUT2D eigenvalue weighted by molar-refractivity contribution is -0.288. The molecule has 0 aliphatic carbocycles. The van der Waals surface area contributed by atoms with E-state index in [1.54, 1.807) is 24.3 Å². The number of halogens is 6. The van der Waals surface area contributed by atoms with Crippen LogP contribution in [-0.4, -0.2) is 26.6 Å². The summed E-state index contributed by atoms with van der Waals surface area (Å²) >= 11 is 0. The fourth-order valence-electron chi connectivity index (χ4n) is 8.24. The van der Waals surface area contributed by atoms with Crippen molar-refractivity contribution in [1.29, 1.82) is 0 Å². The van der Waals surface area contributed by atoms with Crippen molar-refractivity contribution in [3.63, 3.8) is 0 Å². The highest BCUT2D eigenvalue weighted by Gasteiger charge is 2.72. The van der Waals surface area contributed by atoms with Crippen molar-refractivity contribution in [2.75, 3.05) is 0 Å². The summed E-state index contributed by atoms with van der Waals surface area (Å²) in [5, 5.41) is 0. The average Bonchev–Trinajstić information content (AvgIpc) is 0.783. The topological polar surface area (TPSA) is 51.2 Å². The average molecular weight is 1220 g/mol. The molecule has 0 saturated heterocycles. The standard InChI is InChI=1S/C23H26F6.C21H26O.C20H26O2S.6C2H6/c1-19(2,3)15-7-11-17(12-8-15)21(22(24,25)26,23(27,28)29)18-13-9-16(10-14-18)20(4,5)6;1-20(2,3)17-11-7-15(8-12-17)19(22)16-9-13-18(14-10-16)21(4,5)6;1-19(2,3)15-7-11-17(12-8-15)23(21,22)18-13-9-16(10-14-18)20(4,5)6;6*1-2/h7-14H,1-6H3;7-14H,1-6H3;7-14H,1-6H3;6*1-2H3. The van der Waals surface area contributed by atoms with Crippen molar-refractivity contribution in [1.82, 2.24) is 0 Å². The maximum Gasteiger partial charge on any atom is 0.411 e. The minimum Gasteiger partial charge on any atom is -0.289 e. The van der Waals surface area contributed by atoms with E-state index in [0.717, 1.165) is 46.5 Å². The van der Waals surface area contributed by atoms with Gasteiger partial charge in [-0.2, -0.15) is 26.3 Å². The molecule has 6 aromatic carbocycles. The summed E-state index contributed by atoms with van der Waals surface area (Å²) in [7, 11) is -3.46. The second-order valence-corrected chi connectivity index (χ2v) is 27.4. The van der Waals surface area contributed by atoms with Crippen molar-refractivity contribution in [3.8, 4) is 0 Å². The Hall–Kier alpha value is -5.48. The van der Waals surface area contributed by atoms with Crippen LogP contribution < -0.4 is 0 Å². The summed E-state index contributed by atoms with van der Waals surface area (Å²) < 4.78 is 111. The Kier molecular flexibility index (Phi) is 35.0. The van der Waals surface area contributed by atoms with Crippen LogP contribution in [0, 0.1) is 0 Å². The van der Waals surface area contributed by atoms with Crippen LogP contribution in [0.2, 0.25) is 0 Å². The summed E-state index contributed by atoms with van der Waals surface area (Å²) in [5.41, 5.74) is 1.20. The van der Waals surface area contributed by atoms with Gasteiger partial charge in [-0.05, 0) is 101 Å². The Morgan fingerprint density at radius 1 is 0.256 bits per heavy atom. The van der Waals surface area contributed by atoms with E-state index in [0.29, 0.717) is 20.9 Å². The van der Waals surface area contributed by atoms with E-state index in [2.05, 4.69) is 107 Å². The van der Waals surface area contributed by atoms with Gasteiger partial charge in [-0.1, -0.05) is 329 Å². The number of sulfone groups is 1. The fraction of sp³-hybridized carbons (Fsp3) is 0.513. The molecule has 0 N–H and O–H groups in total. The van der Waals surface area contributed by atoms with Crippen molar-refractivity contribution in [2.45, 2.75) is 268 Å². The van der Waals surface area contributed by atoms with Crippen LogP contribution in [0.25, 0.3) is 0 Å². The molecule has 10 heteroatoms. The SMILES string of the molecule is CC.CC.CC.CC.CC.CC.CC(C)(C)c1ccc(C(=O)c2ccc(C(C)(C)C)cc2)cc1.CC(C)(C)c1ccc(C(c2ccc(C(C)(C)C)cc2)(C(F)(F)F)C(F)(F)F)cc1.CC(C)(C)c1ccc(S(=O)(=O)c2ccc(C(C)(C)C)cc2)cc1. The molecular formula is C76H114F6O3S. The number of rotatable bonds is 6. The molecule has 86 heavy (non-hydrogen) atoms. The number of ketones is 1. The number of carbonyl (C=O) groups excluding carboxylic acids is 1. The van der Waals surface area contributed by atoms with Gasteiger partial charge in [-0.15, -0.1) is 0 Å². The fourth-order valence-corrected chi connectivity index (χ4v) is 9.50. The van der Waals surface area contributed by atoms with Crippen LogP contribution in [0.15, 0.2) is 155 Å². The summed E-state index contributed by atoms with van der Waals surface area (Å²) in [6, 6.07) is 39.5. The first-order chi connectivity index (χ1) is 39.4. The quantitative estimate of drug-likeness (QED) is 0.123. The maximum absolute atomic E-state index is 14.2. The van der Waals surface area contributed by atoms with Crippen LogP contribution >= 0.6 is 0 Å². The molecule has 0 atom stereocenters. The van der Waals surface area contributed by atoms with E-state index in [-0.39, 0.29) is 27.4 Å². The second kappa shape index (κ2) is 35.5. The minimum atomic E-state index is -5.57. The van der Waals surface area contributed by atoms with Gasteiger partial charge in [-0.25, -0.2) is 8.42 Å².